The van der Waals surface area contributed by atoms with Crippen LogP contribution in [0.2, 0.25) is 0 Å². The van der Waals surface area contributed by atoms with E-state index in [1.807, 2.05) is 0 Å². The van der Waals surface area contributed by atoms with E-state index in [2.05, 4.69) is 24.0 Å². The van der Waals surface area contributed by atoms with Gasteiger partial charge in [-0.25, -0.2) is 4.98 Å². The van der Waals surface area contributed by atoms with Crippen LogP contribution in [0.25, 0.3) is 0 Å². The molecule has 2 saturated carbocycles. The van der Waals surface area contributed by atoms with Crippen LogP contribution in [0.4, 0.5) is 0 Å². The van der Waals surface area contributed by atoms with E-state index < -0.39 is 0 Å². The minimum Gasteiger partial charge on any atom is -0.263 e. The predicted molar refractivity (Wildman–Crippen MR) is 72.6 cm³/mol. The van der Waals surface area contributed by atoms with E-state index in [0.717, 1.165) is 11.6 Å². The van der Waals surface area contributed by atoms with E-state index >= 15 is 0 Å². The lowest BCUT2D eigenvalue weighted by molar-refractivity contribution is 0.192. The smallest absolute Gasteiger partial charge is 0.153 e. The Morgan fingerprint density at radius 1 is 1.06 bits per heavy atom. The van der Waals surface area contributed by atoms with Crippen molar-refractivity contribution in [3.05, 3.63) is 11.6 Å². The molecule has 100 valence electrons. The highest BCUT2D eigenvalue weighted by Gasteiger charge is 2.36. The van der Waals surface area contributed by atoms with Gasteiger partial charge in [-0.15, -0.1) is 0 Å². The van der Waals surface area contributed by atoms with Gasteiger partial charge in [0.2, 0.25) is 0 Å². The molecule has 0 radical (unpaired) electrons. The van der Waals surface area contributed by atoms with Crippen LogP contribution in [0, 0.1) is 5.41 Å². The first kappa shape index (κ1) is 12.2. The molecule has 3 heteroatoms. The summed E-state index contributed by atoms with van der Waals surface area (Å²) >= 11 is 0. The van der Waals surface area contributed by atoms with Crippen LogP contribution < -0.4 is 0 Å². The van der Waals surface area contributed by atoms with E-state index in [1.54, 1.807) is 0 Å². The monoisotopic (exact) mass is 247 g/mol. The zero-order valence-corrected chi connectivity index (χ0v) is 11.7. The highest BCUT2D eigenvalue weighted by atomic mass is 15.2. The minimum absolute atomic E-state index is 0.380. The van der Waals surface area contributed by atoms with Crippen molar-refractivity contribution in [2.45, 2.75) is 77.0 Å². The van der Waals surface area contributed by atoms with Gasteiger partial charge in [0, 0.05) is 11.8 Å². The summed E-state index contributed by atoms with van der Waals surface area (Å²) in [5.74, 6) is 3.45. The molecule has 1 unspecified atom stereocenters. The van der Waals surface area contributed by atoms with Gasteiger partial charge in [-0.05, 0) is 31.1 Å². The van der Waals surface area contributed by atoms with Gasteiger partial charge in [0.15, 0.2) is 5.82 Å². The Morgan fingerprint density at radius 3 is 2.50 bits per heavy atom. The molecule has 1 aromatic heterocycles. The number of hydrogen-bond acceptors (Lipinski definition) is 2. The maximum atomic E-state index is 4.84. The zero-order valence-electron chi connectivity index (χ0n) is 11.7. The van der Waals surface area contributed by atoms with Gasteiger partial charge in [-0.2, -0.15) is 5.10 Å². The Balaban J connectivity index is 1.79. The maximum absolute atomic E-state index is 4.84. The van der Waals surface area contributed by atoms with Crippen molar-refractivity contribution in [1.82, 2.24) is 15.2 Å². The summed E-state index contributed by atoms with van der Waals surface area (Å²) < 4.78 is 0. The summed E-state index contributed by atoms with van der Waals surface area (Å²) in [5.41, 5.74) is 0.380. The van der Waals surface area contributed by atoms with Crippen molar-refractivity contribution in [3.8, 4) is 0 Å². The summed E-state index contributed by atoms with van der Waals surface area (Å²) in [6.07, 6.45) is 10.6. The second-order valence-electron chi connectivity index (χ2n) is 6.85. The van der Waals surface area contributed by atoms with Crippen LogP contribution in [-0.2, 0) is 0 Å². The number of nitrogens with zero attached hydrogens (tertiary/aromatic N) is 2. The van der Waals surface area contributed by atoms with Crippen molar-refractivity contribution < 1.29 is 0 Å². The van der Waals surface area contributed by atoms with Gasteiger partial charge in [0.25, 0.3) is 0 Å². The molecule has 3 rings (SSSR count). The van der Waals surface area contributed by atoms with Crippen molar-refractivity contribution >= 4 is 0 Å². The van der Waals surface area contributed by atoms with Crippen LogP contribution in [0.15, 0.2) is 0 Å². The fraction of sp³-hybridized carbons (Fsp3) is 0.867. The van der Waals surface area contributed by atoms with Gasteiger partial charge in [0.05, 0.1) is 0 Å². The fourth-order valence-electron chi connectivity index (χ4n) is 3.81. The van der Waals surface area contributed by atoms with Gasteiger partial charge in [-0.3, -0.25) is 5.10 Å². The molecular formula is C15H25N3. The van der Waals surface area contributed by atoms with Gasteiger partial charge in [0.1, 0.15) is 5.82 Å². The van der Waals surface area contributed by atoms with E-state index in [-0.39, 0.29) is 0 Å². The Hall–Kier alpha value is -0.860. The van der Waals surface area contributed by atoms with E-state index in [9.17, 15) is 0 Å². The number of hydrogen-bond donors (Lipinski definition) is 1. The largest absolute Gasteiger partial charge is 0.263 e. The number of aromatic amines is 1. The molecule has 2 aliphatic carbocycles. The molecule has 2 fully saturated rings. The second-order valence-corrected chi connectivity index (χ2v) is 6.85. The van der Waals surface area contributed by atoms with Gasteiger partial charge in [-0.1, -0.05) is 39.5 Å². The first-order valence-electron chi connectivity index (χ1n) is 7.59. The standard InChI is InChI=1S/C15H25N3/c1-15(2)10-6-5-9-12(15)14-16-13(17-18-14)11-7-3-4-8-11/h11-12H,3-10H2,1-2H3,(H,16,17,18). The average Bonchev–Trinajstić information content (AvgIpc) is 2.99. The molecule has 3 nitrogen and oxygen atoms in total. The third-order valence-electron chi connectivity index (χ3n) is 5.08. The molecule has 0 spiro atoms. The fourth-order valence-corrected chi connectivity index (χ4v) is 3.81. The highest BCUT2D eigenvalue weighted by molar-refractivity contribution is 5.08. The van der Waals surface area contributed by atoms with Crippen LogP contribution >= 0.6 is 0 Å². The molecule has 0 aromatic carbocycles. The second kappa shape index (κ2) is 4.67. The van der Waals surface area contributed by atoms with Crippen LogP contribution in [0.1, 0.15) is 88.7 Å². The van der Waals surface area contributed by atoms with E-state index in [4.69, 9.17) is 4.98 Å². The normalized spacial score (nSPS) is 28.7. The first-order valence-corrected chi connectivity index (χ1v) is 7.59. The van der Waals surface area contributed by atoms with Crippen molar-refractivity contribution in [1.29, 1.82) is 0 Å². The summed E-state index contributed by atoms with van der Waals surface area (Å²) in [5, 5.41) is 7.75. The van der Waals surface area contributed by atoms with Gasteiger partial charge >= 0.3 is 0 Å². The lowest BCUT2D eigenvalue weighted by Gasteiger charge is -2.37. The quantitative estimate of drug-likeness (QED) is 0.853. The predicted octanol–water partition coefficient (Wildman–Crippen LogP) is 4.15. The molecule has 2 aliphatic rings. The third kappa shape index (κ3) is 2.19. The molecule has 1 aromatic rings. The average molecular weight is 247 g/mol. The maximum Gasteiger partial charge on any atom is 0.153 e. The Labute approximate surface area is 110 Å². The third-order valence-corrected chi connectivity index (χ3v) is 5.08. The highest BCUT2D eigenvalue weighted by Crippen LogP contribution is 2.46. The topological polar surface area (TPSA) is 41.6 Å². The molecule has 0 bridgehead atoms. The number of H-pyrrole nitrogens is 1. The number of nitrogens with one attached hydrogen (secondary N) is 1. The summed E-state index contributed by atoms with van der Waals surface area (Å²) in [6, 6.07) is 0. The van der Waals surface area contributed by atoms with Crippen molar-refractivity contribution in [2.75, 3.05) is 0 Å². The van der Waals surface area contributed by atoms with Gasteiger partial charge < -0.3 is 0 Å². The minimum atomic E-state index is 0.380. The molecular weight excluding hydrogens is 222 g/mol. The molecule has 1 atom stereocenters. The van der Waals surface area contributed by atoms with Crippen LogP contribution in [0.5, 0.6) is 0 Å². The molecule has 0 aliphatic heterocycles. The Bertz CT molecular complexity index is 402. The van der Waals surface area contributed by atoms with Crippen LogP contribution in [-0.4, -0.2) is 15.2 Å². The SMILES string of the molecule is CC1(C)CCCCC1c1nc(C2CCCC2)n[nH]1. The van der Waals surface area contributed by atoms with E-state index in [1.165, 1.54) is 51.4 Å². The Kier molecular flexibility index (Phi) is 3.16. The summed E-state index contributed by atoms with van der Waals surface area (Å²) in [6.45, 7) is 4.77. The molecule has 0 saturated heterocycles. The first-order chi connectivity index (χ1) is 8.67. The molecule has 0 amide bonds. The van der Waals surface area contributed by atoms with Crippen LogP contribution in [0.3, 0.4) is 0 Å². The molecule has 1 heterocycles. The van der Waals surface area contributed by atoms with Crippen molar-refractivity contribution in [2.24, 2.45) is 5.41 Å². The number of aromatic nitrogens is 3. The number of rotatable bonds is 2. The lowest BCUT2D eigenvalue weighted by Crippen LogP contribution is -2.26. The lowest BCUT2D eigenvalue weighted by atomic mass is 9.68. The van der Waals surface area contributed by atoms with E-state index in [0.29, 0.717) is 17.3 Å². The Morgan fingerprint density at radius 2 is 1.78 bits per heavy atom. The molecule has 18 heavy (non-hydrogen) atoms. The summed E-state index contributed by atoms with van der Waals surface area (Å²) in [7, 11) is 0. The molecule has 1 N–H and O–H groups in total. The summed E-state index contributed by atoms with van der Waals surface area (Å²) in [4.78, 5) is 4.84. The zero-order chi connectivity index (χ0) is 12.6. The van der Waals surface area contributed by atoms with Crippen molar-refractivity contribution in [3.63, 3.8) is 0 Å².